The van der Waals surface area contributed by atoms with Crippen LogP contribution in [0, 0.1) is 6.92 Å². The summed E-state index contributed by atoms with van der Waals surface area (Å²) in [5.74, 6) is -0.117. The number of benzene rings is 2. The first-order valence-electron chi connectivity index (χ1n) is 10.4. The highest BCUT2D eigenvalue weighted by molar-refractivity contribution is 7.91. The molecular formula is C24H28N2O5S. The van der Waals surface area contributed by atoms with Gasteiger partial charge in [0.25, 0.3) is 0 Å². The van der Waals surface area contributed by atoms with Crippen molar-refractivity contribution in [2.45, 2.75) is 38.5 Å². The number of aryl methyl sites for hydroxylation is 1. The number of sulfone groups is 1. The van der Waals surface area contributed by atoms with Gasteiger partial charge < -0.3 is 14.5 Å². The highest BCUT2D eigenvalue weighted by Crippen LogP contribution is 2.26. The number of carbonyl (C=O) groups excluding carboxylic acids is 1. The number of aromatic nitrogens is 1. The van der Waals surface area contributed by atoms with E-state index in [2.05, 4.69) is 10.3 Å². The first-order valence-corrected chi connectivity index (χ1v) is 12.3. The molecule has 0 saturated carbocycles. The van der Waals surface area contributed by atoms with E-state index in [1.807, 2.05) is 37.3 Å². The quantitative estimate of drug-likeness (QED) is 0.499. The van der Waals surface area contributed by atoms with E-state index in [9.17, 15) is 13.2 Å². The van der Waals surface area contributed by atoms with E-state index in [1.165, 1.54) is 0 Å². The Hall–Kier alpha value is -3.13. The average molecular weight is 457 g/mol. The molecule has 8 heteroatoms. The molecule has 0 radical (unpaired) electrons. The van der Waals surface area contributed by atoms with Crippen LogP contribution in [0.2, 0.25) is 0 Å². The summed E-state index contributed by atoms with van der Waals surface area (Å²) < 4.78 is 36.2. The maximum atomic E-state index is 12.7. The molecule has 0 aliphatic heterocycles. The SMILES string of the molecule is CC[C@@H](Cc1ccccc1)NC(=O)CS(=O)(=O)Cc1nc(-c2cccc(OC)c2)oc1C. The van der Waals surface area contributed by atoms with Gasteiger partial charge in [0.2, 0.25) is 11.8 Å². The maximum absolute atomic E-state index is 12.7. The Morgan fingerprint density at radius 3 is 2.59 bits per heavy atom. The zero-order valence-corrected chi connectivity index (χ0v) is 19.3. The number of hydrogen-bond donors (Lipinski definition) is 1. The van der Waals surface area contributed by atoms with E-state index in [1.54, 1.807) is 38.3 Å². The zero-order chi connectivity index (χ0) is 23.1. The van der Waals surface area contributed by atoms with Crippen LogP contribution in [0.3, 0.4) is 0 Å². The molecule has 170 valence electrons. The van der Waals surface area contributed by atoms with Gasteiger partial charge in [-0.1, -0.05) is 43.3 Å². The molecule has 0 bridgehead atoms. The molecule has 0 fully saturated rings. The van der Waals surface area contributed by atoms with E-state index < -0.39 is 21.5 Å². The van der Waals surface area contributed by atoms with Gasteiger partial charge in [0.05, 0.1) is 18.6 Å². The molecular weight excluding hydrogens is 428 g/mol. The summed E-state index contributed by atoms with van der Waals surface area (Å²) in [5.41, 5.74) is 2.07. The van der Waals surface area contributed by atoms with Gasteiger partial charge in [-0.15, -0.1) is 0 Å². The molecule has 3 aromatic rings. The number of amides is 1. The fourth-order valence-electron chi connectivity index (χ4n) is 3.37. The molecule has 0 unspecified atom stereocenters. The lowest BCUT2D eigenvalue weighted by Gasteiger charge is -2.17. The van der Waals surface area contributed by atoms with Gasteiger partial charge >= 0.3 is 0 Å². The average Bonchev–Trinajstić information content (AvgIpc) is 3.13. The number of hydrogen-bond acceptors (Lipinski definition) is 6. The molecule has 0 spiro atoms. The number of rotatable bonds is 10. The topological polar surface area (TPSA) is 98.5 Å². The minimum absolute atomic E-state index is 0.131. The molecule has 2 aromatic carbocycles. The van der Waals surface area contributed by atoms with Crippen LogP contribution < -0.4 is 10.1 Å². The largest absolute Gasteiger partial charge is 0.497 e. The Morgan fingerprint density at radius 1 is 1.16 bits per heavy atom. The van der Waals surface area contributed by atoms with Crippen molar-refractivity contribution in [3.8, 4) is 17.2 Å². The summed E-state index contributed by atoms with van der Waals surface area (Å²) in [6, 6.07) is 16.8. The van der Waals surface area contributed by atoms with E-state index >= 15 is 0 Å². The predicted molar refractivity (Wildman–Crippen MR) is 123 cm³/mol. The first kappa shape index (κ1) is 23.5. The van der Waals surface area contributed by atoms with Crippen LogP contribution in [0.1, 0.15) is 30.4 Å². The van der Waals surface area contributed by atoms with Crippen LogP contribution in [-0.4, -0.2) is 38.2 Å². The number of ether oxygens (including phenoxy) is 1. The Balaban J connectivity index is 1.64. The summed E-state index contributed by atoms with van der Waals surface area (Å²) in [5, 5.41) is 2.84. The highest BCUT2D eigenvalue weighted by atomic mass is 32.2. The smallest absolute Gasteiger partial charge is 0.235 e. The fraction of sp³-hybridized carbons (Fsp3) is 0.333. The zero-order valence-electron chi connectivity index (χ0n) is 18.5. The number of nitrogens with zero attached hydrogens (tertiary/aromatic N) is 1. The van der Waals surface area contributed by atoms with Crippen LogP contribution in [-0.2, 0) is 26.8 Å². The molecule has 7 nitrogen and oxygen atoms in total. The van der Waals surface area contributed by atoms with Gasteiger partial charge in [0, 0.05) is 11.6 Å². The summed E-state index contributed by atoms with van der Waals surface area (Å²) in [4.78, 5) is 16.8. The van der Waals surface area contributed by atoms with Gasteiger partial charge in [0.1, 0.15) is 17.3 Å². The van der Waals surface area contributed by atoms with Crippen molar-refractivity contribution in [1.29, 1.82) is 0 Å². The second-order valence-corrected chi connectivity index (χ2v) is 9.71. The Kier molecular flexibility index (Phi) is 7.69. The van der Waals surface area contributed by atoms with Gasteiger partial charge in [-0.2, -0.15) is 0 Å². The van der Waals surface area contributed by atoms with Gasteiger partial charge in [-0.25, -0.2) is 13.4 Å². The maximum Gasteiger partial charge on any atom is 0.235 e. The van der Waals surface area contributed by atoms with E-state index in [0.29, 0.717) is 41.5 Å². The van der Waals surface area contributed by atoms with Crippen LogP contribution in [0.5, 0.6) is 5.75 Å². The molecule has 1 atom stereocenters. The molecule has 1 heterocycles. The molecule has 0 aliphatic rings. The van der Waals surface area contributed by atoms with Gasteiger partial charge in [-0.05, 0) is 43.5 Å². The molecule has 0 saturated heterocycles. The molecule has 0 aliphatic carbocycles. The minimum Gasteiger partial charge on any atom is -0.497 e. The lowest BCUT2D eigenvalue weighted by molar-refractivity contribution is -0.119. The van der Waals surface area contributed by atoms with Crippen molar-refractivity contribution >= 4 is 15.7 Å². The Labute approximate surface area is 188 Å². The van der Waals surface area contributed by atoms with Crippen molar-refractivity contribution in [3.05, 3.63) is 71.6 Å². The number of oxazole rings is 1. The normalized spacial score (nSPS) is 12.3. The fourth-order valence-corrected chi connectivity index (χ4v) is 4.64. The lowest BCUT2D eigenvalue weighted by atomic mass is 10.0. The number of nitrogens with one attached hydrogen (secondary N) is 1. The summed E-state index contributed by atoms with van der Waals surface area (Å²) in [7, 11) is -2.16. The predicted octanol–water partition coefficient (Wildman–Crippen LogP) is 3.71. The molecule has 1 aromatic heterocycles. The molecule has 1 amide bonds. The van der Waals surface area contributed by atoms with E-state index in [0.717, 1.165) is 5.56 Å². The van der Waals surface area contributed by atoms with Crippen LogP contribution in [0.4, 0.5) is 0 Å². The van der Waals surface area contributed by atoms with Crippen molar-refractivity contribution in [1.82, 2.24) is 10.3 Å². The Morgan fingerprint density at radius 2 is 1.91 bits per heavy atom. The summed E-state index contributed by atoms with van der Waals surface area (Å²) in [6.07, 6.45) is 1.35. The first-order chi connectivity index (χ1) is 15.3. The lowest BCUT2D eigenvalue weighted by Crippen LogP contribution is -2.39. The van der Waals surface area contributed by atoms with Crippen molar-refractivity contribution < 1.29 is 22.4 Å². The third-order valence-electron chi connectivity index (χ3n) is 5.10. The monoisotopic (exact) mass is 456 g/mol. The summed E-state index contributed by atoms with van der Waals surface area (Å²) >= 11 is 0. The third-order valence-corrected chi connectivity index (χ3v) is 6.52. The number of carbonyl (C=O) groups is 1. The van der Waals surface area contributed by atoms with Gasteiger partial charge in [0.15, 0.2) is 9.84 Å². The standard InChI is InChI=1S/C24H28N2O5S/c1-4-20(13-18-9-6-5-7-10-18)25-23(27)16-32(28,29)15-22-17(2)31-24(26-22)19-11-8-12-21(14-19)30-3/h5-12,14,20H,4,13,15-16H2,1-3H3,(H,25,27)/t20-/m0/s1. The van der Waals surface area contributed by atoms with E-state index in [4.69, 9.17) is 9.15 Å². The summed E-state index contributed by atoms with van der Waals surface area (Å²) in [6.45, 7) is 3.62. The van der Waals surface area contributed by atoms with Crippen LogP contribution in [0.15, 0.2) is 59.0 Å². The van der Waals surface area contributed by atoms with Crippen LogP contribution in [0.25, 0.3) is 11.5 Å². The minimum atomic E-state index is -3.72. The molecule has 32 heavy (non-hydrogen) atoms. The number of methoxy groups -OCH3 is 1. The second-order valence-electron chi connectivity index (χ2n) is 7.65. The third kappa shape index (κ3) is 6.43. The molecule has 1 N–H and O–H groups in total. The van der Waals surface area contributed by atoms with Gasteiger partial charge in [-0.3, -0.25) is 4.79 Å². The molecule has 3 rings (SSSR count). The van der Waals surface area contributed by atoms with E-state index in [-0.39, 0.29) is 11.8 Å². The van der Waals surface area contributed by atoms with Crippen LogP contribution >= 0.6 is 0 Å². The Bertz CT molecular complexity index is 1160. The second kappa shape index (κ2) is 10.5. The van der Waals surface area contributed by atoms with Crippen molar-refractivity contribution in [2.24, 2.45) is 0 Å². The van der Waals surface area contributed by atoms with Crippen molar-refractivity contribution in [2.75, 3.05) is 12.9 Å². The highest BCUT2D eigenvalue weighted by Gasteiger charge is 2.23. The van der Waals surface area contributed by atoms with Crippen molar-refractivity contribution in [3.63, 3.8) is 0 Å².